The number of Topliss-reactive ketones (excluding diaryl/α,β-unsaturated/α-hetero) is 1. The molecule has 0 unspecified atom stereocenters. The van der Waals surface area contributed by atoms with E-state index in [0.29, 0.717) is 4.90 Å². The van der Waals surface area contributed by atoms with Crippen LogP contribution in [0.2, 0.25) is 0 Å². The van der Waals surface area contributed by atoms with E-state index >= 15 is 0 Å². The first kappa shape index (κ1) is 17.5. The Morgan fingerprint density at radius 2 is 1.79 bits per heavy atom. The average molecular weight is 349 g/mol. The topological polar surface area (TPSA) is 124 Å². The highest BCUT2D eigenvalue weighted by Crippen LogP contribution is 2.23. The molecule has 2 rings (SSSR count). The number of carboxylic acids is 1. The monoisotopic (exact) mass is 349 g/mol. The number of aromatic carboxylic acids is 1. The summed E-state index contributed by atoms with van der Waals surface area (Å²) in [6, 6.07) is 6.23. The first-order chi connectivity index (χ1) is 11.3. The molecule has 2 aromatic rings. The van der Waals surface area contributed by atoms with Crippen molar-refractivity contribution in [3.05, 3.63) is 56.2 Å². The molecule has 0 fully saturated rings. The Labute approximate surface area is 140 Å². The summed E-state index contributed by atoms with van der Waals surface area (Å²) in [6.07, 6.45) is 0. The lowest BCUT2D eigenvalue weighted by Gasteiger charge is -2.11. The van der Waals surface area contributed by atoms with Crippen LogP contribution in [0.15, 0.2) is 38.8 Å². The summed E-state index contributed by atoms with van der Waals surface area (Å²) in [5.41, 5.74) is 4.12. The quantitative estimate of drug-likeness (QED) is 0.589. The molecule has 8 nitrogen and oxygen atoms in total. The molecule has 0 amide bonds. The number of nitrogen functional groups attached to an aromatic ring is 1. The van der Waals surface area contributed by atoms with Crippen molar-refractivity contribution in [1.29, 1.82) is 0 Å². The molecule has 0 radical (unpaired) electrons. The standard InChI is InChI=1S/C15H15N3O5S/c1-17-12(16)11(13(20)18(2)15(17)23)9(19)7-24-10-6-4-3-5-8(10)14(21)22/h3-6H,7,16H2,1-2H3,(H,21,22). The Hall–Kier alpha value is -2.81. The number of thioether (sulfide) groups is 1. The van der Waals surface area contributed by atoms with Crippen LogP contribution in [0.1, 0.15) is 20.7 Å². The Balaban J connectivity index is 2.35. The van der Waals surface area contributed by atoms with Crippen molar-refractivity contribution in [1.82, 2.24) is 9.13 Å². The Morgan fingerprint density at radius 3 is 2.42 bits per heavy atom. The van der Waals surface area contributed by atoms with E-state index < -0.39 is 23.0 Å². The summed E-state index contributed by atoms with van der Waals surface area (Å²) >= 11 is 0.990. The van der Waals surface area contributed by atoms with Gasteiger partial charge >= 0.3 is 11.7 Å². The molecule has 126 valence electrons. The van der Waals surface area contributed by atoms with Crippen molar-refractivity contribution >= 4 is 29.3 Å². The molecule has 3 N–H and O–H groups in total. The van der Waals surface area contributed by atoms with E-state index in [1.165, 1.54) is 20.2 Å². The average Bonchev–Trinajstić information content (AvgIpc) is 2.56. The number of rotatable bonds is 5. The molecule has 0 saturated heterocycles. The van der Waals surface area contributed by atoms with Gasteiger partial charge in [0, 0.05) is 19.0 Å². The van der Waals surface area contributed by atoms with E-state index in [1.807, 2.05) is 0 Å². The van der Waals surface area contributed by atoms with E-state index in [-0.39, 0.29) is 22.7 Å². The second-order valence-electron chi connectivity index (χ2n) is 4.98. The van der Waals surface area contributed by atoms with Crippen molar-refractivity contribution in [2.24, 2.45) is 14.1 Å². The summed E-state index contributed by atoms with van der Waals surface area (Å²) in [6.45, 7) is 0. The number of hydrogen-bond donors (Lipinski definition) is 2. The van der Waals surface area contributed by atoms with Crippen molar-refractivity contribution in [2.45, 2.75) is 4.90 Å². The van der Waals surface area contributed by atoms with Crippen LogP contribution in [-0.2, 0) is 14.1 Å². The van der Waals surface area contributed by atoms with Crippen LogP contribution in [0.5, 0.6) is 0 Å². The molecule has 0 spiro atoms. The number of benzene rings is 1. The number of nitrogens with two attached hydrogens (primary N) is 1. The summed E-state index contributed by atoms with van der Waals surface area (Å²) < 4.78 is 1.82. The second kappa shape index (κ2) is 6.75. The maximum atomic E-state index is 12.4. The smallest absolute Gasteiger partial charge is 0.336 e. The van der Waals surface area contributed by atoms with Crippen LogP contribution >= 0.6 is 11.8 Å². The molecule has 24 heavy (non-hydrogen) atoms. The van der Waals surface area contributed by atoms with Gasteiger partial charge in [0.25, 0.3) is 5.56 Å². The third-order valence-corrected chi connectivity index (χ3v) is 4.54. The minimum atomic E-state index is -1.11. The lowest BCUT2D eigenvalue weighted by atomic mass is 10.2. The van der Waals surface area contributed by atoms with Crippen molar-refractivity contribution < 1.29 is 14.7 Å². The summed E-state index contributed by atoms with van der Waals surface area (Å²) in [5, 5.41) is 9.13. The predicted molar refractivity (Wildman–Crippen MR) is 89.8 cm³/mol. The van der Waals surface area contributed by atoms with E-state index in [2.05, 4.69) is 0 Å². The number of ketones is 1. The predicted octanol–water partition coefficient (Wildman–Crippen LogP) is 0.339. The molecule has 0 aliphatic carbocycles. The van der Waals surface area contributed by atoms with Crippen molar-refractivity contribution in [2.75, 3.05) is 11.5 Å². The number of hydrogen-bond acceptors (Lipinski definition) is 6. The van der Waals surface area contributed by atoms with Crippen LogP contribution in [-0.4, -0.2) is 31.7 Å². The zero-order chi connectivity index (χ0) is 18.0. The van der Waals surface area contributed by atoms with E-state index in [4.69, 9.17) is 10.8 Å². The van der Waals surface area contributed by atoms with Crippen LogP contribution < -0.4 is 17.0 Å². The van der Waals surface area contributed by atoms with Crippen molar-refractivity contribution in [3.63, 3.8) is 0 Å². The number of aromatic nitrogens is 2. The molecule has 0 atom stereocenters. The highest BCUT2D eigenvalue weighted by molar-refractivity contribution is 8.00. The zero-order valence-corrected chi connectivity index (χ0v) is 13.8. The minimum absolute atomic E-state index is 0.0663. The van der Waals surface area contributed by atoms with Gasteiger partial charge in [-0.3, -0.25) is 18.7 Å². The number of carbonyl (C=O) groups excluding carboxylic acids is 1. The maximum Gasteiger partial charge on any atom is 0.336 e. The number of carbonyl (C=O) groups is 2. The lowest BCUT2D eigenvalue weighted by Crippen LogP contribution is -2.41. The maximum absolute atomic E-state index is 12.4. The lowest BCUT2D eigenvalue weighted by molar-refractivity contribution is 0.0692. The van der Waals surface area contributed by atoms with Crippen molar-refractivity contribution in [3.8, 4) is 0 Å². The number of anilines is 1. The van der Waals surface area contributed by atoms with E-state index in [9.17, 15) is 19.2 Å². The van der Waals surface area contributed by atoms with Gasteiger partial charge in [-0.15, -0.1) is 11.8 Å². The van der Waals surface area contributed by atoms with Gasteiger partial charge in [-0.25, -0.2) is 9.59 Å². The molecule has 0 bridgehead atoms. The number of carboxylic acid groups (broad SMARTS) is 1. The fourth-order valence-corrected chi connectivity index (χ4v) is 3.02. The molecule has 0 aliphatic rings. The first-order valence-corrected chi connectivity index (χ1v) is 7.78. The van der Waals surface area contributed by atoms with E-state index in [1.54, 1.807) is 18.2 Å². The highest BCUT2D eigenvalue weighted by Gasteiger charge is 2.21. The van der Waals surface area contributed by atoms with Gasteiger partial charge < -0.3 is 10.8 Å². The van der Waals surface area contributed by atoms with Gasteiger partial charge in [-0.2, -0.15) is 0 Å². The highest BCUT2D eigenvalue weighted by atomic mass is 32.2. The van der Waals surface area contributed by atoms with E-state index in [0.717, 1.165) is 20.9 Å². The zero-order valence-electron chi connectivity index (χ0n) is 13.0. The number of nitrogens with zero attached hydrogens (tertiary/aromatic N) is 2. The third-order valence-electron chi connectivity index (χ3n) is 3.46. The largest absolute Gasteiger partial charge is 0.478 e. The van der Waals surface area contributed by atoms with Crippen LogP contribution in [0.3, 0.4) is 0 Å². The molecular weight excluding hydrogens is 334 g/mol. The summed E-state index contributed by atoms with van der Waals surface area (Å²) in [7, 11) is 2.62. The first-order valence-electron chi connectivity index (χ1n) is 6.79. The van der Waals surface area contributed by atoms with Gasteiger partial charge in [0.05, 0.1) is 11.3 Å². The second-order valence-corrected chi connectivity index (χ2v) is 6.00. The van der Waals surface area contributed by atoms with Crippen LogP contribution in [0, 0.1) is 0 Å². The third kappa shape index (κ3) is 3.11. The molecule has 9 heteroatoms. The van der Waals surface area contributed by atoms with Gasteiger partial charge in [-0.05, 0) is 12.1 Å². The molecule has 1 aromatic heterocycles. The van der Waals surface area contributed by atoms with Gasteiger partial charge in [0.1, 0.15) is 11.4 Å². The SMILES string of the molecule is Cn1c(N)c(C(=O)CSc2ccccc2C(=O)O)c(=O)n(C)c1=O. The fraction of sp³-hybridized carbons (Fsp3) is 0.200. The molecule has 0 aliphatic heterocycles. The van der Waals surface area contributed by atoms with Gasteiger partial charge in [0.15, 0.2) is 5.78 Å². The minimum Gasteiger partial charge on any atom is -0.478 e. The molecule has 1 aromatic carbocycles. The summed E-state index contributed by atoms with van der Waals surface area (Å²) in [4.78, 5) is 47.8. The Kier molecular flexibility index (Phi) is 4.93. The van der Waals surface area contributed by atoms with Gasteiger partial charge in [0.2, 0.25) is 0 Å². The Bertz CT molecular complexity index is 945. The molecule has 1 heterocycles. The molecule has 0 saturated carbocycles. The fourth-order valence-electron chi connectivity index (χ4n) is 2.11. The van der Waals surface area contributed by atoms with Gasteiger partial charge in [-0.1, -0.05) is 12.1 Å². The Morgan fingerprint density at radius 1 is 1.17 bits per heavy atom. The van der Waals surface area contributed by atoms with Crippen LogP contribution in [0.25, 0.3) is 0 Å². The normalized spacial score (nSPS) is 10.6. The summed E-state index contributed by atoms with van der Waals surface area (Å²) in [5.74, 6) is -2.07. The van der Waals surface area contributed by atoms with Crippen LogP contribution in [0.4, 0.5) is 5.82 Å². The molecular formula is C15H15N3O5S.